The number of carbonyl (C=O) groups excluding carboxylic acids is 3. The van der Waals surface area contributed by atoms with Crippen molar-refractivity contribution in [3.8, 4) is 5.75 Å². The van der Waals surface area contributed by atoms with Crippen molar-refractivity contribution in [2.45, 2.75) is 32.7 Å². The maximum atomic E-state index is 14.4. The van der Waals surface area contributed by atoms with Crippen LogP contribution in [0.5, 0.6) is 5.75 Å². The second-order valence-electron chi connectivity index (χ2n) is 9.89. The standard InChI is InChI=1S/C28H41FN8O4/c1-8-22-27(36(5)6)34-26(24(33-22)25(30)39)32-20-15-19(29)16-21(17-20)41-14-10-12-31-28(40)18(2)37(7)23(38)11-9-13-35(3)4/h9,11,15-18H,8,10,12-14H2,1-7H3,(H2,30,39)(H,31,40)(H,32,34)/b11-9+. The highest BCUT2D eigenvalue weighted by molar-refractivity contribution is 5.96. The van der Waals surface area contributed by atoms with Crippen LogP contribution in [0.25, 0.3) is 0 Å². The Kier molecular flexibility index (Phi) is 12.5. The molecule has 0 aliphatic carbocycles. The molecule has 1 unspecified atom stereocenters. The zero-order chi connectivity index (χ0) is 30.7. The van der Waals surface area contributed by atoms with Crippen molar-refractivity contribution in [1.29, 1.82) is 0 Å². The molecular formula is C28H41FN8O4. The second-order valence-corrected chi connectivity index (χ2v) is 9.89. The van der Waals surface area contributed by atoms with Gasteiger partial charge in [-0.25, -0.2) is 14.4 Å². The molecule has 0 saturated heterocycles. The highest BCUT2D eigenvalue weighted by Crippen LogP contribution is 2.27. The number of ether oxygens (including phenoxy) is 1. The average molecular weight is 573 g/mol. The zero-order valence-corrected chi connectivity index (χ0v) is 24.8. The lowest BCUT2D eigenvalue weighted by Gasteiger charge is -2.23. The van der Waals surface area contributed by atoms with Gasteiger partial charge in [0.25, 0.3) is 5.91 Å². The molecule has 1 aromatic carbocycles. The molecule has 1 aromatic heterocycles. The lowest BCUT2D eigenvalue weighted by atomic mass is 10.2. The average Bonchev–Trinajstić information content (AvgIpc) is 2.90. The number of nitrogens with zero attached hydrogens (tertiary/aromatic N) is 5. The number of benzene rings is 1. The van der Waals surface area contributed by atoms with Gasteiger partial charge in [-0.05, 0) is 39.9 Å². The number of carbonyl (C=O) groups is 3. The first-order valence-corrected chi connectivity index (χ1v) is 13.3. The highest BCUT2D eigenvalue weighted by Gasteiger charge is 2.21. The van der Waals surface area contributed by atoms with E-state index in [1.54, 1.807) is 45.1 Å². The summed E-state index contributed by atoms with van der Waals surface area (Å²) in [5, 5.41) is 5.71. The first-order chi connectivity index (χ1) is 19.3. The van der Waals surface area contributed by atoms with Gasteiger partial charge in [-0.1, -0.05) is 13.0 Å². The van der Waals surface area contributed by atoms with E-state index in [4.69, 9.17) is 10.5 Å². The third kappa shape index (κ3) is 10.0. The fourth-order valence-electron chi connectivity index (χ4n) is 3.64. The number of halogens is 1. The molecule has 0 aliphatic heterocycles. The maximum Gasteiger partial charge on any atom is 0.271 e. The Balaban J connectivity index is 1.97. The van der Waals surface area contributed by atoms with E-state index in [2.05, 4.69) is 20.6 Å². The van der Waals surface area contributed by atoms with Gasteiger partial charge in [0.1, 0.15) is 17.6 Å². The monoisotopic (exact) mass is 572 g/mol. The first kappa shape index (κ1) is 32.9. The second kappa shape index (κ2) is 15.5. The Bertz CT molecular complexity index is 1250. The van der Waals surface area contributed by atoms with Gasteiger partial charge in [0.05, 0.1) is 12.3 Å². The van der Waals surface area contributed by atoms with E-state index >= 15 is 0 Å². The van der Waals surface area contributed by atoms with Crippen LogP contribution in [0.15, 0.2) is 30.4 Å². The van der Waals surface area contributed by atoms with Crippen LogP contribution in [-0.2, 0) is 16.0 Å². The van der Waals surface area contributed by atoms with E-state index in [0.717, 1.165) is 0 Å². The molecule has 2 aromatic rings. The van der Waals surface area contributed by atoms with Crippen molar-refractivity contribution in [2.75, 3.05) is 65.2 Å². The van der Waals surface area contributed by atoms with Crippen LogP contribution in [-0.4, -0.2) is 98.5 Å². The van der Waals surface area contributed by atoms with Gasteiger partial charge in [-0.3, -0.25) is 14.4 Å². The Morgan fingerprint density at radius 3 is 2.44 bits per heavy atom. The Morgan fingerprint density at radius 2 is 1.83 bits per heavy atom. The molecule has 12 nitrogen and oxygen atoms in total. The van der Waals surface area contributed by atoms with Gasteiger partial charge in [-0.2, -0.15) is 0 Å². The van der Waals surface area contributed by atoms with E-state index in [1.165, 1.54) is 23.1 Å². The summed E-state index contributed by atoms with van der Waals surface area (Å²) < 4.78 is 20.1. The number of primary amides is 1. The largest absolute Gasteiger partial charge is 0.493 e. The minimum atomic E-state index is -0.763. The number of likely N-dealkylation sites (N-methyl/N-ethyl adjacent to an activating group) is 2. The van der Waals surface area contributed by atoms with Crippen LogP contribution < -0.4 is 26.0 Å². The third-order valence-corrected chi connectivity index (χ3v) is 6.00. The smallest absolute Gasteiger partial charge is 0.271 e. The van der Waals surface area contributed by atoms with Crippen molar-refractivity contribution < 1.29 is 23.5 Å². The predicted octanol–water partition coefficient (Wildman–Crippen LogP) is 1.94. The predicted molar refractivity (Wildman–Crippen MR) is 157 cm³/mol. The SMILES string of the molecule is CCc1nc(C(N)=O)c(Nc2cc(F)cc(OCCCNC(=O)C(C)N(C)C(=O)/C=C/CN(C)C)c2)nc1N(C)C. The summed E-state index contributed by atoms with van der Waals surface area (Å²) in [7, 11) is 8.97. The molecule has 0 aliphatic rings. The first-order valence-electron chi connectivity index (χ1n) is 13.3. The summed E-state index contributed by atoms with van der Waals surface area (Å²) in [5.74, 6) is -0.984. The summed E-state index contributed by atoms with van der Waals surface area (Å²) in [5.41, 5.74) is 6.37. The Labute approximate surface area is 240 Å². The van der Waals surface area contributed by atoms with Crippen molar-refractivity contribution in [2.24, 2.45) is 5.73 Å². The third-order valence-electron chi connectivity index (χ3n) is 6.00. The van der Waals surface area contributed by atoms with Crippen molar-refractivity contribution >= 4 is 35.0 Å². The summed E-state index contributed by atoms with van der Waals surface area (Å²) in [6, 6.07) is 3.36. The molecule has 3 amide bonds. The summed E-state index contributed by atoms with van der Waals surface area (Å²) >= 11 is 0. The minimum absolute atomic E-state index is 0.0546. The van der Waals surface area contributed by atoms with Gasteiger partial charge in [0.15, 0.2) is 17.3 Å². The number of amides is 3. The lowest BCUT2D eigenvalue weighted by molar-refractivity contribution is -0.135. The number of rotatable bonds is 15. The zero-order valence-electron chi connectivity index (χ0n) is 24.8. The minimum Gasteiger partial charge on any atom is -0.493 e. The van der Waals surface area contributed by atoms with E-state index in [9.17, 15) is 18.8 Å². The topological polar surface area (TPSA) is 146 Å². The number of anilines is 3. The number of aryl methyl sites for hydroxylation is 1. The maximum absolute atomic E-state index is 14.4. The van der Waals surface area contributed by atoms with E-state index in [0.29, 0.717) is 43.1 Å². The number of hydrogen-bond donors (Lipinski definition) is 3. The molecule has 2 rings (SSSR count). The molecule has 13 heteroatoms. The van der Waals surface area contributed by atoms with Gasteiger partial charge in [-0.15, -0.1) is 0 Å². The van der Waals surface area contributed by atoms with Crippen molar-refractivity contribution in [1.82, 2.24) is 25.1 Å². The highest BCUT2D eigenvalue weighted by atomic mass is 19.1. The molecule has 41 heavy (non-hydrogen) atoms. The molecule has 1 heterocycles. The molecular weight excluding hydrogens is 531 g/mol. The van der Waals surface area contributed by atoms with Crippen LogP contribution in [0.2, 0.25) is 0 Å². The van der Waals surface area contributed by atoms with Gasteiger partial charge >= 0.3 is 0 Å². The van der Waals surface area contributed by atoms with Crippen molar-refractivity contribution in [3.63, 3.8) is 0 Å². The summed E-state index contributed by atoms with van der Waals surface area (Å²) in [4.78, 5) is 50.7. The lowest BCUT2D eigenvalue weighted by Crippen LogP contribution is -2.45. The molecule has 0 fully saturated rings. The van der Waals surface area contributed by atoms with Crippen LogP contribution in [0.3, 0.4) is 0 Å². The molecule has 1 atom stereocenters. The number of nitrogens with one attached hydrogen (secondary N) is 2. The van der Waals surface area contributed by atoms with Crippen LogP contribution in [0.4, 0.5) is 21.7 Å². The summed E-state index contributed by atoms with van der Waals surface area (Å²) in [6.07, 6.45) is 4.17. The molecule has 0 saturated carbocycles. The number of hydrogen-bond acceptors (Lipinski definition) is 9. The Hall–Kier alpha value is -4.26. The van der Waals surface area contributed by atoms with Crippen molar-refractivity contribution in [3.05, 3.63) is 47.6 Å². The Morgan fingerprint density at radius 1 is 1.12 bits per heavy atom. The quantitative estimate of drug-likeness (QED) is 0.215. The molecule has 4 N–H and O–H groups in total. The van der Waals surface area contributed by atoms with E-state index in [-0.39, 0.29) is 35.7 Å². The molecule has 0 spiro atoms. The van der Waals surface area contributed by atoms with Crippen LogP contribution in [0, 0.1) is 5.82 Å². The van der Waals surface area contributed by atoms with Crippen LogP contribution >= 0.6 is 0 Å². The fourth-order valence-corrected chi connectivity index (χ4v) is 3.64. The molecule has 0 bridgehead atoms. The summed E-state index contributed by atoms with van der Waals surface area (Å²) in [6.45, 7) is 4.66. The van der Waals surface area contributed by atoms with Crippen LogP contribution in [0.1, 0.15) is 36.5 Å². The molecule has 224 valence electrons. The van der Waals surface area contributed by atoms with Gasteiger partial charge < -0.3 is 35.8 Å². The van der Waals surface area contributed by atoms with Gasteiger partial charge in [0.2, 0.25) is 11.8 Å². The normalized spacial score (nSPS) is 11.8. The van der Waals surface area contributed by atoms with E-state index in [1.807, 2.05) is 25.9 Å². The number of nitrogens with two attached hydrogens (primary N) is 1. The molecule has 0 radical (unpaired) electrons. The fraction of sp³-hybridized carbons (Fsp3) is 0.464. The number of aromatic nitrogens is 2. The van der Waals surface area contributed by atoms with Gasteiger partial charge in [0, 0.05) is 58.1 Å². The van der Waals surface area contributed by atoms with E-state index < -0.39 is 17.8 Å².